The predicted octanol–water partition coefficient (Wildman–Crippen LogP) is 3.84. The Bertz CT molecular complexity index is 187. The fourth-order valence-electron chi connectivity index (χ4n) is 2.82. The van der Waals surface area contributed by atoms with Crippen molar-refractivity contribution in [2.75, 3.05) is 0 Å². The zero-order valence-corrected chi connectivity index (χ0v) is 11.4. The number of hydrogen-bond donors (Lipinski definition) is 1. The molecule has 15 heavy (non-hydrogen) atoms. The summed E-state index contributed by atoms with van der Waals surface area (Å²) < 4.78 is 0. The van der Waals surface area contributed by atoms with E-state index in [-0.39, 0.29) is 0 Å². The first-order chi connectivity index (χ1) is 6.80. The first-order valence-corrected chi connectivity index (χ1v) is 6.56. The van der Waals surface area contributed by atoms with Crippen molar-refractivity contribution in [1.29, 1.82) is 0 Å². The molecule has 2 bridgehead atoms. The van der Waals surface area contributed by atoms with E-state index in [9.17, 15) is 0 Å². The van der Waals surface area contributed by atoms with Crippen LogP contribution in [0.25, 0.3) is 0 Å². The summed E-state index contributed by atoms with van der Waals surface area (Å²) in [5.41, 5.74) is 0.472. The van der Waals surface area contributed by atoms with Crippen LogP contribution in [-0.2, 0) is 0 Å². The Kier molecular flexibility index (Phi) is 4.22. The maximum absolute atomic E-state index is 3.73. The molecule has 3 atom stereocenters. The SMILES string of the molecule is CC(C)(C)C1N[C@@H]2CC[C@H]1C2.CC(C)C. The lowest BCUT2D eigenvalue weighted by Gasteiger charge is -2.34. The maximum Gasteiger partial charge on any atom is 0.0147 e. The van der Waals surface area contributed by atoms with Gasteiger partial charge in [0.15, 0.2) is 0 Å². The molecule has 0 radical (unpaired) electrons. The summed E-state index contributed by atoms with van der Waals surface area (Å²) in [7, 11) is 0. The zero-order valence-electron chi connectivity index (χ0n) is 11.4. The van der Waals surface area contributed by atoms with Gasteiger partial charge in [-0.25, -0.2) is 0 Å². The highest BCUT2D eigenvalue weighted by Crippen LogP contribution is 2.41. The van der Waals surface area contributed by atoms with Crippen molar-refractivity contribution in [2.45, 2.75) is 72.9 Å². The highest BCUT2D eigenvalue weighted by Gasteiger charge is 2.43. The third kappa shape index (κ3) is 3.79. The Hall–Kier alpha value is -0.0400. The van der Waals surface area contributed by atoms with Crippen LogP contribution >= 0.6 is 0 Å². The maximum atomic E-state index is 3.73. The average Bonchev–Trinajstić information content (AvgIpc) is 2.60. The Morgan fingerprint density at radius 1 is 1.07 bits per heavy atom. The molecular formula is C14H29N. The van der Waals surface area contributed by atoms with Crippen molar-refractivity contribution in [3.8, 4) is 0 Å². The Morgan fingerprint density at radius 3 is 1.80 bits per heavy atom. The van der Waals surface area contributed by atoms with E-state index in [4.69, 9.17) is 0 Å². The highest BCUT2D eigenvalue weighted by atomic mass is 15.0. The van der Waals surface area contributed by atoms with Gasteiger partial charge in [0.1, 0.15) is 0 Å². The molecule has 1 N–H and O–H groups in total. The molecule has 1 heteroatoms. The summed E-state index contributed by atoms with van der Waals surface area (Å²) in [6.45, 7) is 13.6. The largest absolute Gasteiger partial charge is 0.310 e. The molecule has 0 spiro atoms. The van der Waals surface area contributed by atoms with Crippen LogP contribution in [0.4, 0.5) is 0 Å². The molecule has 1 aliphatic heterocycles. The molecule has 0 aromatic rings. The van der Waals surface area contributed by atoms with E-state index in [1.807, 2.05) is 0 Å². The molecule has 1 heterocycles. The molecule has 2 fully saturated rings. The first-order valence-electron chi connectivity index (χ1n) is 6.56. The fourth-order valence-corrected chi connectivity index (χ4v) is 2.82. The summed E-state index contributed by atoms with van der Waals surface area (Å²) >= 11 is 0. The van der Waals surface area contributed by atoms with Gasteiger partial charge in [-0.1, -0.05) is 41.5 Å². The monoisotopic (exact) mass is 211 g/mol. The van der Waals surface area contributed by atoms with Crippen LogP contribution in [0.5, 0.6) is 0 Å². The Balaban J connectivity index is 0.000000245. The zero-order chi connectivity index (χ0) is 11.6. The molecule has 1 aliphatic carbocycles. The summed E-state index contributed by atoms with van der Waals surface area (Å²) in [6, 6.07) is 1.66. The van der Waals surface area contributed by atoms with Crippen LogP contribution < -0.4 is 5.32 Å². The molecule has 90 valence electrons. The van der Waals surface area contributed by atoms with E-state index in [1.165, 1.54) is 19.3 Å². The molecule has 2 aliphatic rings. The summed E-state index contributed by atoms with van der Waals surface area (Å²) in [5, 5.41) is 3.73. The number of fused-ring (bicyclic) bond motifs is 2. The summed E-state index contributed by atoms with van der Waals surface area (Å²) in [4.78, 5) is 0. The second-order valence-corrected chi connectivity index (χ2v) is 7.01. The van der Waals surface area contributed by atoms with E-state index >= 15 is 0 Å². The average molecular weight is 211 g/mol. The van der Waals surface area contributed by atoms with Crippen LogP contribution in [0, 0.1) is 17.3 Å². The van der Waals surface area contributed by atoms with Gasteiger partial charge in [0, 0.05) is 12.1 Å². The highest BCUT2D eigenvalue weighted by molar-refractivity contribution is 5.01. The lowest BCUT2D eigenvalue weighted by atomic mass is 9.79. The number of piperidine rings is 1. The first kappa shape index (κ1) is 13.0. The van der Waals surface area contributed by atoms with Crippen molar-refractivity contribution in [3.05, 3.63) is 0 Å². The van der Waals surface area contributed by atoms with Crippen LogP contribution in [0.15, 0.2) is 0 Å². The van der Waals surface area contributed by atoms with Gasteiger partial charge in [-0.2, -0.15) is 0 Å². The smallest absolute Gasteiger partial charge is 0.0147 e. The molecule has 1 saturated carbocycles. The predicted molar refractivity (Wildman–Crippen MR) is 68.0 cm³/mol. The normalized spacial score (nSPS) is 34.2. The van der Waals surface area contributed by atoms with Gasteiger partial charge in [0.2, 0.25) is 0 Å². The van der Waals surface area contributed by atoms with Gasteiger partial charge in [-0.15, -0.1) is 0 Å². The fraction of sp³-hybridized carbons (Fsp3) is 1.00. The number of rotatable bonds is 0. The summed E-state index contributed by atoms with van der Waals surface area (Å²) in [5.74, 6) is 1.82. The van der Waals surface area contributed by atoms with Crippen LogP contribution in [-0.4, -0.2) is 12.1 Å². The minimum Gasteiger partial charge on any atom is -0.310 e. The molecule has 0 aromatic carbocycles. The van der Waals surface area contributed by atoms with Gasteiger partial charge in [-0.3, -0.25) is 0 Å². The second kappa shape index (κ2) is 4.86. The number of nitrogens with one attached hydrogen (secondary N) is 1. The molecule has 0 amide bonds. The number of hydrogen-bond acceptors (Lipinski definition) is 1. The van der Waals surface area contributed by atoms with Crippen molar-refractivity contribution in [1.82, 2.24) is 5.32 Å². The Labute approximate surface area is 96.0 Å². The minimum atomic E-state index is 0.472. The lowest BCUT2D eigenvalue weighted by Crippen LogP contribution is -2.44. The lowest BCUT2D eigenvalue weighted by molar-refractivity contribution is 0.211. The third-order valence-corrected chi connectivity index (χ3v) is 3.29. The molecule has 1 nitrogen and oxygen atoms in total. The molecule has 2 rings (SSSR count). The van der Waals surface area contributed by atoms with Gasteiger partial charge in [0.05, 0.1) is 0 Å². The molecule has 0 aromatic heterocycles. The van der Waals surface area contributed by atoms with Crippen molar-refractivity contribution >= 4 is 0 Å². The van der Waals surface area contributed by atoms with E-state index in [1.54, 1.807) is 0 Å². The third-order valence-electron chi connectivity index (χ3n) is 3.29. The van der Waals surface area contributed by atoms with Crippen molar-refractivity contribution in [2.24, 2.45) is 17.3 Å². The van der Waals surface area contributed by atoms with E-state index in [2.05, 4.69) is 46.9 Å². The molecular weight excluding hydrogens is 182 g/mol. The van der Waals surface area contributed by atoms with Gasteiger partial charge >= 0.3 is 0 Å². The van der Waals surface area contributed by atoms with Gasteiger partial charge < -0.3 is 5.32 Å². The second-order valence-electron chi connectivity index (χ2n) is 7.01. The van der Waals surface area contributed by atoms with E-state index in [0.717, 1.165) is 23.9 Å². The molecule has 1 unspecified atom stereocenters. The van der Waals surface area contributed by atoms with E-state index in [0.29, 0.717) is 5.41 Å². The van der Waals surface area contributed by atoms with Crippen LogP contribution in [0.3, 0.4) is 0 Å². The summed E-state index contributed by atoms with van der Waals surface area (Å²) in [6.07, 6.45) is 4.35. The quantitative estimate of drug-likeness (QED) is 0.642. The van der Waals surface area contributed by atoms with Crippen molar-refractivity contribution < 1.29 is 0 Å². The Morgan fingerprint density at radius 2 is 1.60 bits per heavy atom. The minimum absolute atomic E-state index is 0.472. The van der Waals surface area contributed by atoms with E-state index < -0.39 is 0 Å². The van der Waals surface area contributed by atoms with Gasteiger partial charge in [-0.05, 0) is 36.5 Å². The standard InChI is InChI=1S/C10H19N.C4H10/c1-10(2,3)9-7-4-5-8(6-7)11-9;1-4(2)3/h7-9,11H,4-6H2,1-3H3;4H,1-3H3/t7-,8+,9?;/m0./s1. The van der Waals surface area contributed by atoms with Gasteiger partial charge in [0.25, 0.3) is 0 Å². The molecule has 1 saturated heterocycles. The van der Waals surface area contributed by atoms with Crippen LogP contribution in [0.1, 0.15) is 60.8 Å². The van der Waals surface area contributed by atoms with Crippen LogP contribution in [0.2, 0.25) is 0 Å². The van der Waals surface area contributed by atoms with Crippen molar-refractivity contribution in [3.63, 3.8) is 0 Å². The topological polar surface area (TPSA) is 12.0 Å².